The molecule has 1 heterocycles. The average Bonchev–Trinajstić information content (AvgIpc) is 2.78. The van der Waals surface area contributed by atoms with E-state index in [1.807, 2.05) is 0 Å². The highest BCUT2D eigenvalue weighted by Crippen LogP contribution is 2.35. The van der Waals surface area contributed by atoms with Gasteiger partial charge in [-0.05, 0) is 55.6 Å². The summed E-state index contributed by atoms with van der Waals surface area (Å²) in [4.78, 5) is 12.5. The number of rotatable bonds is 4. The number of thiophene rings is 1. The molecule has 6 heteroatoms. The fraction of sp³-hybridized carbons (Fsp3) is 0.143. The molecule has 1 aromatic carbocycles. The molecule has 1 atom stereocenters. The minimum Gasteiger partial charge on any atom is -0.497 e. The predicted molar refractivity (Wildman–Crippen MR) is 85.4 cm³/mol. The highest BCUT2D eigenvalue weighted by atomic mass is 79.9. The monoisotopic (exact) mass is 413 g/mol. The molecule has 2 rings (SSSR count). The Balaban J connectivity index is 2.40. The van der Waals surface area contributed by atoms with Gasteiger partial charge in [0.2, 0.25) is 0 Å². The van der Waals surface area contributed by atoms with E-state index in [-0.39, 0.29) is 5.78 Å². The molecular formula is C14H9Br2NO2S. The zero-order valence-corrected chi connectivity index (χ0v) is 14.4. The van der Waals surface area contributed by atoms with Crippen molar-refractivity contribution in [3.63, 3.8) is 0 Å². The molecule has 3 nitrogen and oxygen atoms in total. The van der Waals surface area contributed by atoms with E-state index in [1.165, 1.54) is 11.3 Å². The number of carbonyl (C=O) groups excluding carboxylic acids is 1. The molecule has 0 bridgehead atoms. The standard InChI is InChI=1S/C14H9Br2NO2S/c1-19-9-4-2-3-8(5-9)11(7-17)13(18)10-6-12(15)20-14(10)16/h2-6,11H,1H3. The molecule has 20 heavy (non-hydrogen) atoms. The fourth-order valence-corrected chi connectivity index (χ4v) is 4.59. The Morgan fingerprint density at radius 3 is 2.70 bits per heavy atom. The van der Waals surface area contributed by atoms with Crippen LogP contribution in [0.15, 0.2) is 37.9 Å². The summed E-state index contributed by atoms with van der Waals surface area (Å²) in [5.74, 6) is -0.446. The molecule has 1 unspecified atom stereocenters. The van der Waals surface area contributed by atoms with Crippen LogP contribution in [0.2, 0.25) is 0 Å². The van der Waals surface area contributed by atoms with Gasteiger partial charge in [0.1, 0.15) is 11.7 Å². The molecule has 0 radical (unpaired) electrons. The first-order valence-corrected chi connectivity index (χ1v) is 7.99. The number of carbonyl (C=O) groups is 1. The SMILES string of the molecule is COc1cccc(C(C#N)C(=O)c2cc(Br)sc2Br)c1. The van der Waals surface area contributed by atoms with Gasteiger partial charge in [-0.15, -0.1) is 11.3 Å². The maximum atomic E-state index is 12.5. The highest BCUT2D eigenvalue weighted by Gasteiger charge is 2.25. The molecule has 0 saturated heterocycles. The summed E-state index contributed by atoms with van der Waals surface area (Å²) in [6, 6.07) is 10.8. The lowest BCUT2D eigenvalue weighted by molar-refractivity contribution is 0.0978. The number of nitrogens with zero attached hydrogens (tertiary/aromatic N) is 1. The Labute approximate surface area is 137 Å². The number of Topliss-reactive ketones (excluding diaryl/α,β-unsaturated/α-hetero) is 1. The van der Waals surface area contributed by atoms with Crippen LogP contribution in [0, 0.1) is 11.3 Å². The van der Waals surface area contributed by atoms with E-state index in [2.05, 4.69) is 37.9 Å². The van der Waals surface area contributed by atoms with E-state index in [9.17, 15) is 10.1 Å². The summed E-state index contributed by atoms with van der Waals surface area (Å²) < 4.78 is 6.69. The second-order valence-corrected chi connectivity index (χ2v) is 7.69. The molecular weight excluding hydrogens is 406 g/mol. The lowest BCUT2D eigenvalue weighted by Crippen LogP contribution is -2.11. The zero-order valence-electron chi connectivity index (χ0n) is 10.4. The van der Waals surface area contributed by atoms with Gasteiger partial charge in [0.15, 0.2) is 5.78 Å². The van der Waals surface area contributed by atoms with Crippen molar-refractivity contribution in [2.75, 3.05) is 7.11 Å². The number of ketones is 1. The number of ether oxygens (including phenoxy) is 1. The molecule has 0 amide bonds. The molecule has 0 spiro atoms. The normalized spacial score (nSPS) is 11.7. The number of hydrogen-bond acceptors (Lipinski definition) is 4. The van der Waals surface area contributed by atoms with E-state index < -0.39 is 5.92 Å². The van der Waals surface area contributed by atoms with Crippen LogP contribution >= 0.6 is 43.2 Å². The summed E-state index contributed by atoms with van der Waals surface area (Å²) in [6.45, 7) is 0. The minimum absolute atomic E-state index is 0.227. The lowest BCUT2D eigenvalue weighted by atomic mass is 9.93. The molecule has 0 aliphatic heterocycles. The van der Waals surface area contributed by atoms with Gasteiger partial charge in [0.05, 0.1) is 20.8 Å². The first-order chi connectivity index (χ1) is 9.56. The Hall–Kier alpha value is -1.16. The topological polar surface area (TPSA) is 50.1 Å². The lowest BCUT2D eigenvalue weighted by Gasteiger charge is -2.09. The van der Waals surface area contributed by atoms with Gasteiger partial charge in [-0.2, -0.15) is 5.26 Å². The molecule has 0 aliphatic rings. The summed E-state index contributed by atoms with van der Waals surface area (Å²) in [5, 5.41) is 9.34. The first-order valence-electron chi connectivity index (χ1n) is 5.59. The Kier molecular flexibility index (Phi) is 4.97. The molecule has 102 valence electrons. The van der Waals surface area contributed by atoms with Crippen molar-refractivity contribution in [3.8, 4) is 11.8 Å². The van der Waals surface area contributed by atoms with Crippen LogP contribution in [0.1, 0.15) is 21.8 Å². The maximum Gasteiger partial charge on any atom is 0.186 e. The van der Waals surface area contributed by atoms with Gasteiger partial charge >= 0.3 is 0 Å². The van der Waals surface area contributed by atoms with Crippen LogP contribution < -0.4 is 4.74 Å². The average molecular weight is 415 g/mol. The van der Waals surface area contributed by atoms with Crippen LogP contribution in [-0.4, -0.2) is 12.9 Å². The van der Waals surface area contributed by atoms with Gasteiger partial charge < -0.3 is 4.74 Å². The van der Waals surface area contributed by atoms with Crippen LogP contribution in [0.3, 0.4) is 0 Å². The van der Waals surface area contributed by atoms with Crippen LogP contribution in [0.5, 0.6) is 5.75 Å². The van der Waals surface area contributed by atoms with Gasteiger partial charge in [-0.25, -0.2) is 0 Å². The van der Waals surface area contributed by atoms with Gasteiger partial charge in [-0.3, -0.25) is 4.79 Å². The van der Waals surface area contributed by atoms with Crippen molar-refractivity contribution in [2.45, 2.75) is 5.92 Å². The molecule has 2 aromatic rings. The fourth-order valence-electron chi connectivity index (χ4n) is 1.77. The van der Waals surface area contributed by atoms with Crippen molar-refractivity contribution < 1.29 is 9.53 Å². The van der Waals surface area contributed by atoms with Gasteiger partial charge in [0.25, 0.3) is 0 Å². The molecule has 0 N–H and O–H groups in total. The number of halogens is 2. The summed E-state index contributed by atoms with van der Waals surface area (Å²) in [7, 11) is 1.55. The number of methoxy groups -OCH3 is 1. The Bertz CT molecular complexity index is 691. The number of hydrogen-bond donors (Lipinski definition) is 0. The quantitative estimate of drug-likeness (QED) is 0.677. The van der Waals surface area contributed by atoms with E-state index in [1.54, 1.807) is 37.4 Å². The van der Waals surface area contributed by atoms with E-state index in [0.29, 0.717) is 16.9 Å². The summed E-state index contributed by atoms with van der Waals surface area (Å²) >= 11 is 8.09. The Morgan fingerprint density at radius 1 is 1.40 bits per heavy atom. The van der Waals surface area contributed by atoms with Crippen LogP contribution in [0.4, 0.5) is 0 Å². The Morgan fingerprint density at radius 2 is 2.15 bits per heavy atom. The van der Waals surface area contributed by atoms with E-state index in [0.717, 1.165) is 7.57 Å². The first kappa shape index (κ1) is 15.2. The maximum absolute atomic E-state index is 12.5. The molecule has 0 aliphatic carbocycles. The smallest absolute Gasteiger partial charge is 0.186 e. The molecule has 0 saturated carbocycles. The van der Waals surface area contributed by atoms with Gasteiger partial charge in [0, 0.05) is 5.56 Å². The van der Waals surface area contributed by atoms with Crippen molar-refractivity contribution in [1.82, 2.24) is 0 Å². The van der Waals surface area contributed by atoms with Crippen molar-refractivity contribution >= 4 is 49.0 Å². The van der Waals surface area contributed by atoms with Crippen LogP contribution in [-0.2, 0) is 0 Å². The zero-order chi connectivity index (χ0) is 14.7. The predicted octanol–water partition coefficient (Wildman–Crippen LogP) is 4.77. The third-order valence-electron chi connectivity index (χ3n) is 2.74. The largest absolute Gasteiger partial charge is 0.497 e. The van der Waals surface area contributed by atoms with Crippen LogP contribution in [0.25, 0.3) is 0 Å². The summed E-state index contributed by atoms with van der Waals surface area (Å²) in [6.07, 6.45) is 0. The summed E-state index contributed by atoms with van der Waals surface area (Å²) in [5.41, 5.74) is 1.14. The van der Waals surface area contributed by atoms with Crippen molar-refractivity contribution in [1.29, 1.82) is 5.26 Å². The minimum atomic E-state index is -0.845. The second-order valence-electron chi connectivity index (χ2n) is 3.94. The third kappa shape index (κ3) is 3.11. The third-order valence-corrected chi connectivity index (χ3v) is 5.08. The number of nitriles is 1. The van der Waals surface area contributed by atoms with Gasteiger partial charge in [-0.1, -0.05) is 12.1 Å². The molecule has 0 fully saturated rings. The van der Waals surface area contributed by atoms with Crippen molar-refractivity contribution in [2.24, 2.45) is 0 Å². The van der Waals surface area contributed by atoms with Crippen molar-refractivity contribution in [3.05, 3.63) is 49.0 Å². The highest BCUT2D eigenvalue weighted by molar-refractivity contribution is 9.12. The van der Waals surface area contributed by atoms with E-state index in [4.69, 9.17) is 4.74 Å². The van der Waals surface area contributed by atoms with E-state index >= 15 is 0 Å². The number of benzene rings is 1. The second kappa shape index (κ2) is 6.53. The molecule has 1 aromatic heterocycles.